The van der Waals surface area contributed by atoms with Gasteiger partial charge in [-0.1, -0.05) is 56.8 Å². The van der Waals surface area contributed by atoms with Gasteiger partial charge in [-0.25, -0.2) is 0 Å². The summed E-state index contributed by atoms with van der Waals surface area (Å²) < 4.78 is 7.60. The van der Waals surface area contributed by atoms with Crippen molar-refractivity contribution in [3.63, 3.8) is 0 Å². The van der Waals surface area contributed by atoms with Crippen LogP contribution in [0.15, 0.2) is 53.7 Å². The normalized spacial score (nSPS) is 13.8. The van der Waals surface area contributed by atoms with E-state index in [-0.39, 0.29) is 11.3 Å². The molecular weight excluding hydrogens is 420 g/mol. The number of benzene rings is 2. The Labute approximate surface area is 193 Å². The lowest BCUT2D eigenvalue weighted by Gasteiger charge is -2.19. The standard InChI is InChI=1S/C25H30N4O2S/c1-5-31-21-14-12-20(13-15-21)29-23(17-6-8-18(9-7-17)25(2,3)4)27-28-24(29)32-16-22(30)26-19-10-11-19/h6-9,12-15,19H,5,10-11,16H2,1-4H3,(H,26,30). The van der Waals surface area contributed by atoms with Crippen LogP contribution in [0, 0.1) is 0 Å². The van der Waals surface area contributed by atoms with E-state index in [1.54, 1.807) is 0 Å². The van der Waals surface area contributed by atoms with Gasteiger partial charge in [0.15, 0.2) is 11.0 Å². The van der Waals surface area contributed by atoms with Gasteiger partial charge in [-0.3, -0.25) is 9.36 Å². The first-order chi connectivity index (χ1) is 15.3. The molecule has 168 valence electrons. The average Bonchev–Trinajstić information content (AvgIpc) is 3.48. The summed E-state index contributed by atoms with van der Waals surface area (Å²) in [6.45, 7) is 9.19. The number of amides is 1. The van der Waals surface area contributed by atoms with Crippen LogP contribution in [0.1, 0.15) is 46.1 Å². The summed E-state index contributed by atoms with van der Waals surface area (Å²) in [5.41, 5.74) is 3.25. The number of hydrogen-bond donors (Lipinski definition) is 1. The zero-order chi connectivity index (χ0) is 22.7. The molecule has 7 heteroatoms. The van der Waals surface area contributed by atoms with Gasteiger partial charge in [-0.2, -0.15) is 0 Å². The Morgan fingerprint density at radius 1 is 1.09 bits per heavy atom. The Balaban J connectivity index is 1.66. The molecule has 3 aromatic rings. The van der Waals surface area contributed by atoms with Gasteiger partial charge in [0.05, 0.1) is 12.4 Å². The minimum Gasteiger partial charge on any atom is -0.494 e. The SMILES string of the molecule is CCOc1ccc(-n2c(SCC(=O)NC3CC3)nnc2-c2ccc(C(C)(C)C)cc2)cc1. The third-order valence-electron chi connectivity index (χ3n) is 5.32. The molecule has 0 radical (unpaired) electrons. The van der Waals surface area contributed by atoms with Crippen molar-refractivity contribution in [2.45, 2.75) is 57.1 Å². The van der Waals surface area contributed by atoms with Crippen molar-refractivity contribution in [3.05, 3.63) is 54.1 Å². The lowest BCUT2D eigenvalue weighted by molar-refractivity contribution is -0.118. The molecule has 4 rings (SSSR count). The molecule has 1 heterocycles. The van der Waals surface area contributed by atoms with E-state index in [2.05, 4.69) is 60.6 Å². The van der Waals surface area contributed by atoms with Gasteiger partial charge >= 0.3 is 0 Å². The van der Waals surface area contributed by atoms with Crippen LogP contribution < -0.4 is 10.1 Å². The van der Waals surface area contributed by atoms with Gasteiger partial charge < -0.3 is 10.1 Å². The van der Waals surface area contributed by atoms with Crippen LogP contribution >= 0.6 is 11.8 Å². The summed E-state index contributed by atoms with van der Waals surface area (Å²) in [4.78, 5) is 12.2. The van der Waals surface area contributed by atoms with Crippen LogP contribution in [0.5, 0.6) is 5.75 Å². The molecule has 1 aromatic heterocycles. The molecule has 32 heavy (non-hydrogen) atoms. The highest BCUT2D eigenvalue weighted by atomic mass is 32.2. The van der Waals surface area contributed by atoms with Gasteiger partial charge in [0.2, 0.25) is 5.91 Å². The fourth-order valence-electron chi connectivity index (χ4n) is 3.39. The molecule has 0 bridgehead atoms. The number of carbonyl (C=O) groups is 1. The Bertz CT molecular complexity index is 1060. The smallest absolute Gasteiger partial charge is 0.230 e. The first kappa shape index (κ1) is 22.4. The number of aromatic nitrogens is 3. The Morgan fingerprint density at radius 3 is 2.38 bits per heavy atom. The van der Waals surface area contributed by atoms with Crippen molar-refractivity contribution in [1.29, 1.82) is 0 Å². The maximum Gasteiger partial charge on any atom is 0.230 e. The van der Waals surface area contributed by atoms with E-state index >= 15 is 0 Å². The zero-order valence-corrected chi connectivity index (χ0v) is 19.9. The van der Waals surface area contributed by atoms with Crippen molar-refractivity contribution in [2.75, 3.05) is 12.4 Å². The minimum absolute atomic E-state index is 0.0369. The second-order valence-corrected chi connectivity index (χ2v) is 9.97. The summed E-state index contributed by atoms with van der Waals surface area (Å²) in [5.74, 6) is 1.92. The lowest BCUT2D eigenvalue weighted by Crippen LogP contribution is -2.27. The molecule has 1 N–H and O–H groups in total. The lowest BCUT2D eigenvalue weighted by atomic mass is 9.87. The number of ether oxygens (including phenoxy) is 1. The monoisotopic (exact) mass is 450 g/mol. The van der Waals surface area contributed by atoms with Crippen LogP contribution in [0.3, 0.4) is 0 Å². The molecule has 1 amide bonds. The molecule has 0 aliphatic heterocycles. The maximum absolute atomic E-state index is 12.2. The highest BCUT2D eigenvalue weighted by Gasteiger charge is 2.24. The Morgan fingerprint density at radius 2 is 1.78 bits per heavy atom. The quantitative estimate of drug-likeness (QED) is 0.489. The van der Waals surface area contributed by atoms with E-state index in [9.17, 15) is 4.79 Å². The molecule has 1 aliphatic carbocycles. The average molecular weight is 451 g/mol. The highest BCUT2D eigenvalue weighted by Crippen LogP contribution is 2.31. The molecular formula is C25H30N4O2S. The first-order valence-corrected chi connectivity index (χ1v) is 12.1. The van der Waals surface area contributed by atoms with E-state index in [1.807, 2.05) is 35.8 Å². The summed E-state index contributed by atoms with van der Waals surface area (Å²) in [6, 6.07) is 16.7. The number of hydrogen-bond acceptors (Lipinski definition) is 5. The molecule has 0 unspecified atom stereocenters. The van der Waals surface area contributed by atoms with Crippen molar-refractivity contribution in [2.24, 2.45) is 0 Å². The number of carbonyl (C=O) groups excluding carboxylic acids is 1. The Hall–Kier alpha value is -2.80. The van der Waals surface area contributed by atoms with Gasteiger partial charge in [-0.15, -0.1) is 10.2 Å². The number of nitrogens with zero attached hydrogens (tertiary/aromatic N) is 3. The third kappa shape index (κ3) is 5.33. The van der Waals surface area contributed by atoms with Gasteiger partial charge in [-0.05, 0) is 55.0 Å². The molecule has 1 saturated carbocycles. The van der Waals surface area contributed by atoms with Crippen molar-refractivity contribution in [1.82, 2.24) is 20.1 Å². The molecule has 0 atom stereocenters. The van der Waals surface area contributed by atoms with Crippen molar-refractivity contribution < 1.29 is 9.53 Å². The fourth-order valence-corrected chi connectivity index (χ4v) is 4.15. The summed E-state index contributed by atoms with van der Waals surface area (Å²) in [6.07, 6.45) is 2.15. The fraction of sp³-hybridized carbons (Fsp3) is 0.400. The van der Waals surface area contributed by atoms with E-state index < -0.39 is 0 Å². The molecule has 6 nitrogen and oxygen atoms in total. The number of nitrogens with one attached hydrogen (secondary N) is 1. The number of thioether (sulfide) groups is 1. The predicted molar refractivity (Wildman–Crippen MR) is 129 cm³/mol. The van der Waals surface area contributed by atoms with E-state index in [0.29, 0.717) is 23.6 Å². The second-order valence-electron chi connectivity index (χ2n) is 9.03. The highest BCUT2D eigenvalue weighted by molar-refractivity contribution is 7.99. The third-order valence-corrected chi connectivity index (χ3v) is 6.25. The van der Waals surface area contributed by atoms with Crippen LogP contribution in [0.2, 0.25) is 0 Å². The summed E-state index contributed by atoms with van der Waals surface area (Å²) >= 11 is 1.40. The van der Waals surface area contributed by atoms with Crippen molar-refractivity contribution in [3.8, 4) is 22.8 Å². The predicted octanol–water partition coefficient (Wildman–Crippen LogP) is 5.00. The van der Waals surface area contributed by atoms with Crippen LogP contribution in [-0.4, -0.2) is 39.1 Å². The van der Waals surface area contributed by atoms with Crippen LogP contribution in [0.25, 0.3) is 17.1 Å². The topological polar surface area (TPSA) is 69.0 Å². The second kappa shape index (κ2) is 9.36. The molecule has 1 aliphatic rings. The maximum atomic E-state index is 12.2. The summed E-state index contributed by atoms with van der Waals surface area (Å²) in [7, 11) is 0. The van der Waals surface area contributed by atoms with Crippen LogP contribution in [0.4, 0.5) is 0 Å². The molecule has 1 fully saturated rings. The molecule has 0 saturated heterocycles. The summed E-state index contributed by atoms with van der Waals surface area (Å²) in [5, 5.41) is 12.6. The van der Waals surface area contributed by atoms with Crippen molar-refractivity contribution >= 4 is 17.7 Å². The van der Waals surface area contributed by atoms with Gasteiger partial charge in [0, 0.05) is 17.3 Å². The van der Waals surface area contributed by atoms with Crippen LogP contribution in [-0.2, 0) is 10.2 Å². The molecule has 2 aromatic carbocycles. The Kier molecular flexibility index (Phi) is 6.55. The van der Waals surface area contributed by atoms with E-state index in [4.69, 9.17) is 4.74 Å². The van der Waals surface area contributed by atoms with E-state index in [0.717, 1.165) is 35.7 Å². The largest absolute Gasteiger partial charge is 0.494 e. The zero-order valence-electron chi connectivity index (χ0n) is 19.1. The number of rotatable bonds is 8. The van der Waals surface area contributed by atoms with Gasteiger partial charge in [0.1, 0.15) is 5.75 Å². The molecule has 0 spiro atoms. The first-order valence-electron chi connectivity index (χ1n) is 11.1. The minimum atomic E-state index is 0.0369. The van der Waals surface area contributed by atoms with E-state index in [1.165, 1.54) is 17.3 Å². The van der Waals surface area contributed by atoms with Gasteiger partial charge in [0.25, 0.3) is 0 Å².